The number of hydrogen-bond acceptors (Lipinski definition) is 1. The molecule has 0 amide bonds. The Morgan fingerprint density at radius 2 is 1.54 bits per heavy atom. The van der Waals surface area contributed by atoms with Gasteiger partial charge in [0.15, 0.2) is 0 Å². The van der Waals surface area contributed by atoms with E-state index in [1.165, 1.54) is 12.1 Å². The Bertz CT molecular complexity index is 1020. The first kappa shape index (κ1) is 14.6. The number of halogens is 2. The summed E-state index contributed by atoms with van der Waals surface area (Å²) >= 11 is 0. The molecule has 0 aliphatic heterocycles. The predicted octanol–water partition coefficient (Wildman–Crippen LogP) is 5.28. The van der Waals surface area contributed by atoms with Gasteiger partial charge in [0.25, 0.3) is 0 Å². The van der Waals surface area contributed by atoms with Crippen LogP contribution < -0.4 is 0 Å². The summed E-state index contributed by atoms with van der Waals surface area (Å²) in [6.07, 6.45) is 0. The number of imidazole rings is 1. The average molecular weight is 320 g/mol. The van der Waals surface area contributed by atoms with Gasteiger partial charge in [-0.25, -0.2) is 13.8 Å². The van der Waals surface area contributed by atoms with Gasteiger partial charge in [0.05, 0.1) is 16.7 Å². The highest BCUT2D eigenvalue weighted by Gasteiger charge is 2.15. The summed E-state index contributed by atoms with van der Waals surface area (Å²) in [5.74, 6) is -0.571. The number of benzene rings is 3. The molecule has 0 radical (unpaired) electrons. The molecule has 0 N–H and O–H groups in total. The minimum Gasteiger partial charge on any atom is -0.292 e. The Morgan fingerprint density at radius 1 is 0.833 bits per heavy atom. The van der Waals surface area contributed by atoms with E-state index in [0.717, 1.165) is 28.2 Å². The van der Waals surface area contributed by atoms with E-state index in [-0.39, 0.29) is 0 Å². The third-order valence-corrected chi connectivity index (χ3v) is 3.95. The van der Waals surface area contributed by atoms with Crippen molar-refractivity contribution in [3.05, 3.63) is 83.9 Å². The van der Waals surface area contributed by atoms with E-state index in [1.54, 1.807) is 4.57 Å². The zero-order chi connectivity index (χ0) is 16.7. The molecule has 4 aromatic rings. The van der Waals surface area contributed by atoms with Crippen molar-refractivity contribution >= 4 is 11.0 Å². The van der Waals surface area contributed by atoms with Crippen molar-refractivity contribution < 1.29 is 8.78 Å². The Morgan fingerprint density at radius 3 is 2.25 bits per heavy atom. The molecule has 3 aromatic carbocycles. The lowest BCUT2D eigenvalue weighted by Gasteiger charge is -2.10. The van der Waals surface area contributed by atoms with Gasteiger partial charge in [0.2, 0.25) is 0 Å². The predicted molar refractivity (Wildman–Crippen MR) is 91.2 cm³/mol. The second-order valence-electron chi connectivity index (χ2n) is 5.76. The molecule has 0 fully saturated rings. The summed E-state index contributed by atoms with van der Waals surface area (Å²) in [7, 11) is 0. The van der Waals surface area contributed by atoms with Gasteiger partial charge >= 0.3 is 0 Å². The van der Waals surface area contributed by atoms with Crippen molar-refractivity contribution in [2.24, 2.45) is 0 Å². The van der Waals surface area contributed by atoms with E-state index in [0.29, 0.717) is 11.5 Å². The maximum atomic E-state index is 13.8. The van der Waals surface area contributed by atoms with Crippen LogP contribution in [0.25, 0.3) is 28.1 Å². The Balaban J connectivity index is 2.09. The zero-order valence-electron chi connectivity index (χ0n) is 13.0. The molecule has 118 valence electrons. The van der Waals surface area contributed by atoms with E-state index in [1.807, 2.05) is 55.5 Å². The van der Waals surface area contributed by atoms with Crippen LogP contribution in [0.1, 0.15) is 5.56 Å². The molecule has 2 nitrogen and oxygen atoms in total. The standard InChI is InChI=1S/C20H14F2N2/c1-13-7-8-18-19(9-13)24(17-11-15(21)10-16(22)12-17)20(23-18)14-5-3-2-4-6-14/h2-12H,1H3. The number of aromatic nitrogens is 2. The van der Waals surface area contributed by atoms with Crippen molar-refractivity contribution in [1.82, 2.24) is 9.55 Å². The second kappa shape index (κ2) is 5.57. The Kier molecular flexibility index (Phi) is 3.38. The monoisotopic (exact) mass is 320 g/mol. The zero-order valence-corrected chi connectivity index (χ0v) is 13.0. The molecule has 0 aliphatic rings. The summed E-state index contributed by atoms with van der Waals surface area (Å²) in [4.78, 5) is 4.68. The van der Waals surface area contributed by atoms with Crippen LogP contribution in [0.2, 0.25) is 0 Å². The first-order valence-electron chi connectivity index (χ1n) is 7.63. The van der Waals surface area contributed by atoms with Crippen LogP contribution in [-0.2, 0) is 0 Å². The van der Waals surface area contributed by atoms with Crippen LogP contribution in [0.4, 0.5) is 8.78 Å². The molecule has 1 heterocycles. The van der Waals surface area contributed by atoms with Crippen molar-refractivity contribution in [1.29, 1.82) is 0 Å². The topological polar surface area (TPSA) is 17.8 Å². The van der Waals surface area contributed by atoms with Crippen LogP contribution >= 0.6 is 0 Å². The lowest BCUT2D eigenvalue weighted by molar-refractivity contribution is 0.582. The van der Waals surface area contributed by atoms with Gasteiger partial charge in [-0.15, -0.1) is 0 Å². The molecular formula is C20H14F2N2. The largest absolute Gasteiger partial charge is 0.292 e. The Hall–Kier alpha value is -3.01. The van der Waals surface area contributed by atoms with Crippen LogP contribution in [0.5, 0.6) is 0 Å². The number of rotatable bonds is 2. The SMILES string of the molecule is Cc1ccc2nc(-c3ccccc3)n(-c3cc(F)cc(F)c3)c2c1. The molecule has 0 saturated carbocycles. The summed E-state index contributed by atoms with van der Waals surface area (Å²) in [6.45, 7) is 1.98. The fraction of sp³-hybridized carbons (Fsp3) is 0.0500. The van der Waals surface area contributed by atoms with Crippen LogP contribution in [0.3, 0.4) is 0 Å². The van der Waals surface area contributed by atoms with Gasteiger partial charge in [-0.1, -0.05) is 36.4 Å². The average Bonchev–Trinajstić information content (AvgIpc) is 2.93. The van der Waals surface area contributed by atoms with Gasteiger partial charge in [-0.05, 0) is 36.8 Å². The molecule has 0 atom stereocenters. The lowest BCUT2D eigenvalue weighted by atomic mass is 10.2. The van der Waals surface area contributed by atoms with E-state index in [9.17, 15) is 8.78 Å². The van der Waals surface area contributed by atoms with E-state index in [2.05, 4.69) is 4.98 Å². The van der Waals surface area contributed by atoms with Crippen LogP contribution in [0, 0.1) is 18.6 Å². The third-order valence-electron chi connectivity index (χ3n) is 3.95. The summed E-state index contributed by atoms with van der Waals surface area (Å²) in [5.41, 5.74) is 3.96. The minimum absolute atomic E-state index is 0.416. The molecule has 4 rings (SSSR count). The highest BCUT2D eigenvalue weighted by Crippen LogP contribution is 2.29. The fourth-order valence-corrected chi connectivity index (χ4v) is 2.90. The van der Waals surface area contributed by atoms with Crippen molar-refractivity contribution in [2.75, 3.05) is 0 Å². The first-order valence-corrected chi connectivity index (χ1v) is 7.63. The molecule has 4 heteroatoms. The van der Waals surface area contributed by atoms with Crippen LogP contribution in [0.15, 0.2) is 66.7 Å². The molecule has 0 spiro atoms. The van der Waals surface area contributed by atoms with E-state index in [4.69, 9.17) is 0 Å². The van der Waals surface area contributed by atoms with Crippen molar-refractivity contribution in [3.63, 3.8) is 0 Å². The van der Waals surface area contributed by atoms with Gasteiger partial charge < -0.3 is 0 Å². The maximum Gasteiger partial charge on any atom is 0.145 e. The van der Waals surface area contributed by atoms with Crippen molar-refractivity contribution in [2.45, 2.75) is 6.92 Å². The normalized spacial score (nSPS) is 11.1. The molecule has 24 heavy (non-hydrogen) atoms. The summed E-state index contributed by atoms with van der Waals surface area (Å²) < 4.78 is 29.3. The fourth-order valence-electron chi connectivity index (χ4n) is 2.90. The summed E-state index contributed by atoms with van der Waals surface area (Å²) in [6, 6.07) is 19.0. The number of aryl methyl sites for hydroxylation is 1. The van der Waals surface area contributed by atoms with Gasteiger partial charge in [-0.3, -0.25) is 4.57 Å². The maximum absolute atomic E-state index is 13.8. The van der Waals surface area contributed by atoms with Gasteiger partial charge in [-0.2, -0.15) is 0 Å². The second-order valence-corrected chi connectivity index (χ2v) is 5.76. The molecule has 0 saturated heterocycles. The lowest BCUT2D eigenvalue weighted by Crippen LogP contribution is -1.99. The molecule has 0 unspecified atom stereocenters. The number of hydrogen-bond donors (Lipinski definition) is 0. The first-order chi connectivity index (χ1) is 11.6. The molecular weight excluding hydrogens is 306 g/mol. The van der Waals surface area contributed by atoms with Gasteiger partial charge in [0.1, 0.15) is 17.5 Å². The number of fused-ring (bicyclic) bond motifs is 1. The van der Waals surface area contributed by atoms with Crippen LogP contribution in [-0.4, -0.2) is 9.55 Å². The van der Waals surface area contributed by atoms with Crippen molar-refractivity contribution in [3.8, 4) is 17.1 Å². The highest BCUT2D eigenvalue weighted by atomic mass is 19.1. The minimum atomic E-state index is -0.612. The molecule has 0 bridgehead atoms. The number of nitrogens with zero attached hydrogens (tertiary/aromatic N) is 2. The molecule has 0 aliphatic carbocycles. The van der Waals surface area contributed by atoms with Gasteiger partial charge in [0, 0.05) is 11.6 Å². The molecule has 1 aromatic heterocycles. The smallest absolute Gasteiger partial charge is 0.145 e. The Labute approximate surface area is 138 Å². The quantitative estimate of drug-likeness (QED) is 0.491. The van der Waals surface area contributed by atoms with E-state index < -0.39 is 11.6 Å². The third kappa shape index (κ3) is 2.46. The summed E-state index contributed by atoms with van der Waals surface area (Å²) in [5, 5.41) is 0. The van der Waals surface area contributed by atoms with E-state index >= 15 is 0 Å². The highest BCUT2D eigenvalue weighted by molar-refractivity contribution is 5.83.